The van der Waals surface area contributed by atoms with Gasteiger partial charge >= 0.3 is 5.97 Å². The molecule has 4 nitrogen and oxygen atoms in total. The maximum absolute atomic E-state index is 12.6. The Bertz CT molecular complexity index is 1040. The summed E-state index contributed by atoms with van der Waals surface area (Å²) in [6.45, 7) is 6.71. The number of esters is 1. The van der Waals surface area contributed by atoms with Crippen LogP contribution in [0.4, 0.5) is 0 Å². The van der Waals surface area contributed by atoms with Crippen molar-refractivity contribution in [3.05, 3.63) is 77.6 Å². The average molecular weight is 501 g/mol. The highest BCUT2D eigenvalue weighted by Gasteiger charge is 2.10. The van der Waals surface area contributed by atoms with Gasteiger partial charge in [-0.1, -0.05) is 103 Å². The number of benzene rings is 2. The third-order valence-electron chi connectivity index (χ3n) is 7.07. The van der Waals surface area contributed by atoms with Crippen LogP contribution in [0.3, 0.4) is 0 Å². The second-order valence-electron chi connectivity index (χ2n) is 10.3. The summed E-state index contributed by atoms with van der Waals surface area (Å²) >= 11 is 0. The van der Waals surface area contributed by atoms with E-state index in [1.54, 1.807) is 12.1 Å². The van der Waals surface area contributed by atoms with E-state index in [-0.39, 0.29) is 5.97 Å². The SMILES string of the molecule is CCCCCCCCCCCc1cnc(-c2ccc(C(=O)Oc3ccc(C[C@@H](C)CC)cc3)cc2)nc1. The summed E-state index contributed by atoms with van der Waals surface area (Å²) in [5, 5.41) is 0. The first-order valence-corrected chi connectivity index (χ1v) is 14.3. The number of hydrogen-bond donors (Lipinski definition) is 0. The molecule has 0 saturated heterocycles. The van der Waals surface area contributed by atoms with E-state index in [9.17, 15) is 4.79 Å². The van der Waals surface area contributed by atoms with E-state index < -0.39 is 0 Å². The Kier molecular flexibility index (Phi) is 12.3. The van der Waals surface area contributed by atoms with Gasteiger partial charge in [-0.2, -0.15) is 0 Å². The number of nitrogens with zero attached hydrogens (tertiary/aromatic N) is 2. The topological polar surface area (TPSA) is 52.1 Å². The molecule has 0 N–H and O–H groups in total. The lowest BCUT2D eigenvalue weighted by molar-refractivity contribution is 0.0734. The summed E-state index contributed by atoms with van der Waals surface area (Å²) in [5.41, 5.74) is 3.84. The van der Waals surface area contributed by atoms with E-state index in [4.69, 9.17) is 4.74 Å². The smallest absolute Gasteiger partial charge is 0.343 e. The van der Waals surface area contributed by atoms with Crippen LogP contribution in [0, 0.1) is 5.92 Å². The first kappa shape index (κ1) is 28.6. The van der Waals surface area contributed by atoms with Crippen LogP contribution in [0.25, 0.3) is 11.4 Å². The van der Waals surface area contributed by atoms with E-state index in [0.29, 0.717) is 23.1 Å². The van der Waals surface area contributed by atoms with Gasteiger partial charge in [0.1, 0.15) is 5.75 Å². The Morgan fingerprint density at radius 3 is 1.95 bits per heavy atom. The van der Waals surface area contributed by atoms with Crippen molar-refractivity contribution in [2.75, 3.05) is 0 Å². The summed E-state index contributed by atoms with van der Waals surface area (Å²) in [6, 6.07) is 15.1. The minimum absolute atomic E-state index is 0.363. The number of rotatable bonds is 16. The zero-order valence-electron chi connectivity index (χ0n) is 23.0. The Labute approximate surface area is 223 Å². The fraction of sp³-hybridized carbons (Fsp3) is 0.485. The van der Waals surface area contributed by atoms with Gasteiger partial charge in [-0.3, -0.25) is 0 Å². The van der Waals surface area contributed by atoms with Crippen molar-refractivity contribution in [2.45, 2.75) is 97.8 Å². The monoisotopic (exact) mass is 500 g/mol. The first-order valence-electron chi connectivity index (χ1n) is 14.3. The molecule has 0 amide bonds. The van der Waals surface area contributed by atoms with Gasteiger partial charge in [-0.15, -0.1) is 0 Å². The van der Waals surface area contributed by atoms with Gasteiger partial charge in [0.25, 0.3) is 0 Å². The normalized spacial score (nSPS) is 11.9. The predicted molar refractivity (Wildman–Crippen MR) is 153 cm³/mol. The van der Waals surface area contributed by atoms with Crippen molar-refractivity contribution in [3.63, 3.8) is 0 Å². The molecule has 0 aliphatic rings. The van der Waals surface area contributed by atoms with Gasteiger partial charge in [0.2, 0.25) is 0 Å². The highest BCUT2D eigenvalue weighted by atomic mass is 16.5. The van der Waals surface area contributed by atoms with Crippen molar-refractivity contribution >= 4 is 5.97 Å². The molecule has 2 aromatic carbocycles. The van der Waals surface area contributed by atoms with Crippen molar-refractivity contribution in [2.24, 2.45) is 5.92 Å². The van der Waals surface area contributed by atoms with Gasteiger partial charge in [-0.25, -0.2) is 14.8 Å². The number of hydrogen-bond acceptors (Lipinski definition) is 4. The molecule has 3 aromatic rings. The van der Waals surface area contributed by atoms with Crippen molar-refractivity contribution in [1.82, 2.24) is 9.97 Å². The maximum Gasteiger partial charge on any atom is 0.343 e. The van der Waals surface area contributed by atoms with Gasteiger partial charge < -0.3 is 4.74 Å². The lowest BCUT2D eigenvalue weighted by atomic mass is 9.99. The van der Waals surface area contributed by atoms with Crippen LogP contribution in [-0.4, -0.2) is 15.9 Å². The fourth-order valence-electron chi connectivity index (χ4n) is 4.43. The van der Waals surface area contributed by atoms with Gasteiger partial charge in [0.05, 0.1) is 5.56 Å². The lowest BCUT2D eigenvalue weighted by Crippen LogP contribution is -2.08. The van der Waals surface area contributed by atoms with Crippen molar-refractivity contribution < 1.29 is 9.53 Å². The van der Waals surface area contributed by atoms with Crippen LogP contribution in [-0.2, 0) is 12.8 Å². The molecule has 0 saturated carbocycles. The summed E-state index contributed by atoms with van der Waals surface area (Å²) in [7, 11) is 0. The van der Waals surface area contributed by atoms with Gasteiger partial charge in [0.15, 0.2) is 5.82 Å². The molecule has 37 heavy (non-hydrogen) atoms. The van der Waals surface area contributed by atoms with E-state index in [2.05, 4.69) is 30.7 Å². The molecule has 0 spiro atoms. The molecular formula is C33H44N2O2. The van der Waals surface area contributed by atoms with E-state index in [1.807, 2.05) is 48.8 Å². The molecule has 0 aliphatic heterocycles. The number of aryl methyl sites for hydroxylation is 1. The third-order valence-corrected chi connectivity index (χ3v) is 7.07. The number of ether oxygens (including phenoxy) is 1. The molecule has 0 aliphatic carbocycles. The molecule has 4 heteroatoms. The molecule has 1 heterocycles. The molecule has 0 bridgehead atoms. The summed E-state index contributed by atoms with van der Waals surface area (Å²) in [4.78, 5) is 21.7. The van der Waals surface area contributed by atoms with E-state index >= 15 is 0 Å². The molecule has 3 rings (SSSR count). The third kappa shape index (κ3) is 10.1. The number of carbonyl (C=O) groups excluding carboxylic acids is 1. The van der Waals surface area contributed by atoms with Crippen LogP contribution < -0.4 is 4.74 Å². The van der Waals surface area contributed by atoms with Crippen molar-refractivity contribution in [1.29, 1.82) is 0 Å². The Balaban J connectivity index is 1.42. The van der Waals surface area contributed by atoms with Crippen LogP contribution in [0.5, 0.6) is 5.75 Å². The maximum atomic E-state index is 12.6. The quantitative estimate of drug-likeness (QED) is 0.112. The summed E-state index contributed by atoms with van der Waals surface area (Å²) < 4.78 is 5.56. The Hall–Kier alpha value is -3.01. The Morgan fingerprint density at radius 2 is 1.35 bits per heavy atom. The molecular weight excluding hydrogens is 456 g/mol. The second kappa shape index (κ2) is 16.0. The molecule has 0 fully saturated rings. The van der Waals surface area contributed by atoms with Gasteiger partial charge in [0, 0.05) is 18.0 Å². The van der Waals surface area contributed by atoms with E-state index in [1.165, 1.54) is 68.9 Å². The standard InChI is InChI=1S/C33H44N2O2/c1-4-6-7-8-9-10-11-12-13-14-28-24-34-32(35-25-28)29-17-19-30(20-18-29)33(36)37-31-21-15-27(16-22-31)23-26(3)5-2/h15-22,24-26H,4-14,23H2,1-3H3/t26-/m0/s1. The predicted octanol–water partition coefficient (Wildman–Crippen LogP) is 9.02. The van der Waals surface area contributed by atoms with Gasteiger partial charge in [-0.05, 0) is 60.6 Å². The van der Waals surface area contributed by atoms with Crippen LogP contribution >= 0.6 is 0 Å². The molecule has 0 radical (unpaired) electrons. The number of aromatic nitrogens is 2. The van der Waals surface area contributed by atoms with Crippen molar-refractivity contribution in [3.8, 4) is 17.1 Å². The highest BCUT2D eigenvalue weighted by molar-refractivity contribution is 5.91. The molecule has 198 valence electrons. The van der Waals surface area contributed by atoms with Crippen LogP contribution in [0.15, 0.2) is 60.9 Å². The minimum atomic E-state index is -0.363. The molecule has 1 atom stereocenters. The zero-order valence-corrected chi connectivity index (χ0v) is 23.0. The molecule has 1 aromatic heterocycles. The fourth-order valence-corrected chi connectivity index (χ4v) is 4.43. The average Bonchev–Trinajstić information content (AvgIpc) is 2.93. The Morgan fingerprint density at radius 1 is 0.757 bits per heavy atom. The minimum Gasteiger partial charge on any atom is -0.423 e. The summed E-state index contributed by atoms with van der Waals surface area (Å²) in [5.74, 6) is 1.52. The highest BCUT2D eigenvalue weighted by Crippen LogP contribution is 2.20. The summed E-state index contributed by atoms with van der Waals surface area (Å²) in [6.07, 6.45) is 19.1. The van der Waals surface area contributed by atoms with E-state index in [0.717, 1.165) is 24.8 Å². The first-order chi connectivity index (χ1) is 18.1. The zero-order chi connectivity index (χ0) is 26.3. The lowest BCUT2D eigenvalue weighted by Gasteiger charge is -2.09. The van der Waals surface area contributed by atoms with Crippen LogP contribution in [0.1, 0.15) is 106 Å². The number of carbonyl (C=O) groups is 1. The van der Waals surface area contributed by atoms with Crippen LogP contribution in [0.2, 0.25) is 0 Å². The largest absolute Gasteiger partial charge is 0.423 e. The number of unbranched alkanes of at least 4 members (excludes halogenated alkanes) is 8. The molecule has 0 unspecified atom stereocenters. The second-order valence-corrected chi connectivity index (χ2v) is 10.3.